The van der Waals surface area contributed by atoms with Crippen LogP contribution >= 0.6 is 39.1 Å². The Hall–Kier alpha value is -0.580. The number of hydrogen-bond acceptors (Lipinski definition) is 2. The van der Waals surface area contributed by atoms with Crippen molar-refractivity contribution in [1.82, 2.24) is 5.43 Å². The van der Waals surface area contributed by atoms with Crippen LogP contribution in [0.5, 0.6) is 0 Å². The molecule has 2 rings (SSSR count). The minimum absolute atomic E-state index is 0.132. The molecule has 0 spiro atoms. The summed E-state index contributed by atoms with van der Waals surface area (Å²) in [5, 5.41) is 1.05. The Morgan fingerprint density at radius 3 is 2.53 bits per heavy atom. The first-order valence-electron chi connectivity index (χ1n) is 5.70. The van der Waals surface area contributed by atoms with Gasteiger partial charge in [-0.05, 0) is 41.8 Å². The van der Waals surface area contributed by atoms with E-state index < -0.39 is 0 Å². The van der Waals surface area contributed by atoms with Gasteiger partial charge in [0, 0.05) is 4.47 Å². The Morgan fingerprint density at radius 1 is 1.16 bits per heavy atom. The number of halogens is 3. The highest BCUT2D eigenvalue weighted by Crippen LogP contribution is 2.31. The summed E-state index contributed by atoms with van der Waals surface area (Å²) in [7, 11) is 0. The van der Waals surface area contributed by atoms with E-state index in [-0.39, 0.29) is 6.04 Å². The number of nitrogens with one attached hydrogen (secondary N) is 1. The van der Waals surface area contributed by atoms with E-state index >= 15 is 0 Å². The van der Waals surface area contributed by atoms with Crippen LogP contribution in [-0.4, -0.2) is 0 Å². The first-order chi connectivity index (χ1) is 9.04. The molecular formula is C14H13BrCl2N2. The minimum Gasteiger partial charge on any atom is -0.271 e. The van der Waals surface area contributed by atoms with Gasteiger partial charge in [-0.2, -0.15) is 0 Å². The number of nitrogens with two attached hydrogens (primary N) is 1. The summed E-state index contributed by atoms with van der Waals surface area (Å²) in [5.41, 5.74) is 6.03. The van der Waals surface area contributed by atoms with Crippen LogP contribution in [0.1, 0.15) is 22.7 Å². The van der Waals surface area contributed by atoms with Gasteiger partial charge in [-0.25, -0.2) is 5.43 Å². The van der Waals surface area contributed by atoms with E-state index in [4.69, 9.17) is 29.0 Å². The van der Waals surface area contributed by atoms with Gasteiger partial charge in [0.25, 0.3) is 0 Å². The van der Waals surface area contributed by atoms with Gasteiger partial charge in [0.05, 0.1) is 16.1 Å². The van der Waals surface area contributed by atoms with Gasteiger partial charge in [0.15, 0.2) is 0 Å². The van der Waals surface area contributed by atoms with Gasteiger partial charge >= 0.3 is 0 Å². The van der Waals surface area contributed by atoms with Crippen molar-refractivity contribution in [1.29, 1.82) is 0 Å². The fourth-order valence-electron chi connectivity index (χ4n) is 1.99. The molecule has 0 radical (unpaired) electrons. The molecule has 0 saturated heterocycles. The fraction of sp³-hybridized carbons (Fsp3) is 0.143. The fourth-order valence-corrected chi connectivity index (χ4v) is 2.68. The van der Waals surface area contributed by atoms with Crippen LogP contribution in [0.4, 0.5) is 0 Å². The molecule has 19 heavy (non-hydrogen) atoms. The quantitative estimate of drug-likeness (QED) is 0.620. The highest BCUT2D eigenvalue weighted by atomic mass is 79.9. The maximum Gasteiger partial charge on any atom is 0.0713 e. The largest absolute Gasteiger partial charge is 0.271 e. The normalized spacial score (nSPS) is 12.5. The lowest BCUT2D eigenvalue weighted by Crippen LogP contribution is -2.29. The summed E-state index contributed by atoms with van der Waals surface area (Å²) in [5.74, 6) is 5.70. The van der Waals surface area contributed by atoms with Crippen LogP contribution in [-0.2, 0) is 0 Å². The molecule has 2 aromatic carbocycles. The van der Waals surface area contributed by atoms with Crippen LogP contribution in [0.2, 0.25) is 10.0 Å². The van der Waals surface area contributed by atoms with Crippen LogP contribution in [0, 0.1) is 6.92 Å². The van der Waals surface area contributed by atoms with Gasteiger partial charge in [-0.15, -0.1) is 0 Å². The van der Waals surface area contributed by atoms with E-state index in [1.165, 1.54) is 0 Å². The van der Waals surface area contributed by atoms with Gasteiger partial charge in [0.1, 0.15) is 0 Å². The summed E-state index contributed by atoms with van der Waals surface area (Å²) < 4.78 is 1.05. The predicted octanol–water partition coefficient (Wildman–Crippen LogP) is 4.62. The highest BCUT2D eigenvalue weighted by molar-refractivity contribution is 9.10. The molecule has 0 aliphatic carbocycles. The molecule has 0 aliphatic heterocycles. The molecule has 2 aromatic rings. The second-order valence-electron chi connectivity index (χ2n) is 4.23. The van der Waals surface area contributed by atoms with Crippen molar-refractivity contribution in [2.24, 2.45) is 5.84 Å². The summed E-state index contributed by atoms with van der Waals surface area (Å²) in [6.07, 6.45) is 0. The summed E-state index contributed by atoms with van der Waals surface area (Å²) >= 11 is 15.5. The third-order valence-corrected chi connectivity index (χ3v) is 4.66. The van der Waals surface area contributed by atoms with Crippen LogP contribution in [0.15, 0.2) is 40.9 Å². The zero-order chi connectivity index (χ0) is 14.0. The van der Waals surface area contributed by atoms with E-state index in [0.717, 1.165) is 21.2 Å². The van der Waals surface area contributed by atoms with E-state index in [2.05, 4.69) is 21.4 Å². The molecule has 1 unspecified atom stereocenters. The van der Waals surface area contributed by atoms with E-state index in [0.29, 0.717) is 10.0 Å². The summed E-state index contributed by atoms with van der Waals surface area (Å²) in [6.45, 7) is 2.04. The van der Waals surface area contributed by atoms with Crippen molar-refractivity contribution >= 4 is 39.1 Å². The molecule has 0 bridgehead atoms. The van der Waals surface area contributed by atoms with Crippen LogP contribution in [0.3, 0.4) is 0 Å². The molecule has 0 fully saturated rings. The third-order valence-electron chi connectivity index (χ3n) is 3.06. The van der Waals surface area contributed by atoms with Crippen LogP contribution in [0.25, 0.3) is 0 Å². The lowest BCUT2D eigenvalue weighted by atomic mass is 9.95. The molecule has 0 aromatic heterocycles. The summed E-state index contributed by atoms with van der Waals surface area (Å²) in [4.78, 5) is 0. The van der Waals surface area contributed by atoms with Gasteiger partial charge in [-0.1, -0.05) is 57.3 Å². The van der Waals surface area contributed by atoms with Crippen LogP contribution < -0.4 is 11.3 Å². The Bertz CT molecular complexity index is 602. The first-order valence-corrected chi connectivity index (χ1v) is 7.25. The zero-order valence-corrected chi connectivity index (χ0v) is 13.4. The molecule has 0 aliphatic rings. The van der Waals surface area contributed by atoms with Crippen molar-refractivity contribution in [2.75, 3.05) is 0 Å². The third kappa shape index (κ3) is 3.12. The second kappa shape index (κ2) is 6.25. The highest BCUT2D eigenvalue weighted by Gasteiger charge is 2.16. The molecular weight excluding hydrogens is 347 g/mol. The van der Waals surface area contributed by atoms with E-state index in [9.17, 15) is 0 Å². The maximum atomic E-state index is 6.06. The maximum absolute atomic E-state index is 6.06. The number of benzene rings is 2. The van der Waals surface area contributed by atoms with Gasteiger partial charge in [-0.3, -0.25) is 5.84 Å². The van der Waals surface area contributed by atoms with Crippen molar-refractivity contribution in [3.8, 4) is 0 Å². The van der Waals surface area contributed by atoms with Gasteiger partial charge in [0.2, 0.25) is 0 Å². The monoisotopic (exact) mass is 358 g/mol. The molecule has 3 N–H and O–H groups in total. The number of hydrogen-bond donors (Lipinski definition) is 2. The van der Waals surface area contributed by atoms with Crippen molar-refractivity contribution in [2.45, 2.75) is 13.0 Å². The van der Waals surface area contributed by atoms with Gasteiger partial charge < -0.3 is 0 Å². The number of rotatable bonds is 3. The molecule has 1 atom stereocenters. The molecule has 100 valence electrons. The molecule has 0 amide bonds. The van der Waals surface area contributed by atoms with E-state index in [1.54, 1.807) is 6.07 Å². The average Bonchev–Trinajstić information content (AvgIpc) is 2.39. The SMILES string of the molecule is Cc1c(Br)cccc1C(NN)c1ccc(Cl)c(Cl)c1. The first kappa shape index (κ1) is 14.8. The van der Waals surface area contributed by atoms with Crippen molar-refractivity contribution in [3.05, 3.63) is 67.6 Å². The van der Waals surface area contributed by atoms with E-state index in [1.807, 2.05) is 37.3 Å². The summed E-state index contributed by atoms with van der Waals surface area (Å²) in [6, 6.07) is 11.4. The second-order valence-corrected chi connectivity index (χ2v) is 5.90. The lowest BCUT2D eigenvalue weighted by Gasteiger charge is -2.20. The Morgan fingerprint density at radius 2 is 1.89 bits per heavy atom. The topological polar surface area (TPSA) is 38.0 Å². The average molecular weight is 360 g/mol. The Kier molecular flexibility index (Phi) is 4.87. The van der Waals surface area contributed by atoms with Crippen molar-refractivity contribution in [3.63, 3.8) is 0 Å². The Labute approximate surface area is 131 Å². The molecule has 2 nitrogen and oxygen atoms in total. The minimum atomic E-state index is -0.132. The number of hydrazine groups is 1. The standard InChI is InChI=1S/C14H13BrCl2N2/c1-8-10(3-2-4-11(8)15)14(19-18)9-5-6-12(16)13(17)7-9/h2-7,14,19H,18H2,1H3. The predicted molar refractivity (Wildman–Crippen MR) is 84.5 cm³/mol. The molecule has 0 heterocycles. The smallest absolute Gasteiger partial charge is 0.0713 e. The Balaban J connectivity index is 2.50. The van der Waals surface area contributed by atoms with Crippen molar-refractivity contribution < 1.29 is 0 Å². The molecule has 0 saturated carbocycles. The molecule has 5 heteroatoms. The zero-order valence-electron chi connectivity index (χ0n) is 10.3. The lowest BCUT2D eigenvalue weighted by molar-refractivity contribution is 0.633.